The van der Waals surface area contributed by atoms with Gasteiger partial charge in [0.2, 0.25) is 17.7 Å². The molecule has 2 fully saturated rings. The first kappa shape index (κ1) is 29.4. The van der Waals surface area contributed by atoms with Crippen LogP contribution in [-0.4, -0.2) is 48.5 Å². The van der Waals surface area contributed by atoms with Crippen LogP contribution in [0.5, 0.6) is 5.75 Å². The number of hydrogen-bond donors (Lipinski definition) is 2. The third-order valence-corrected chi connectivity index (χ3v) is 9.37. The Kier molecular flexibility index (Phi) is 6.99. The minimum Gasteiger partial charge on any atom is -0.495 e. The van der Waals surface area contributed by atoms with Gasteiger partial charge in [0, 0.05) is 28.2 Å². The summed E-state index contributed by atoms with van der Waals surface area (Å²) < 4.78 is 21.6. The molecule has 3 heterocycles. The molecular formula is C32H31Cl2FN4O4. The Bertz CT molecular complexity index is 1690. The number of methoxy groups -OCH3 is 1. The molecule has 3 amide bonds. The van der Waals surface area contributed by atoms with Gasteiger partial charge in [-0.3, -0.25) is 24.2 Å². The summed E-state index contributed by atoms with van der Waals surface area (Å²) in [6, 6.07) is 13.1. The second-order valence-electron chi connectivity index (χ2n) is 12.5. The number of primary amides is 1. The van der Waals surface area contributed by atoms with E-state index in [1.54, 1.807) is 41.3 Å². The van der Waals surface area contributed by atoms with Crippen LogP contribution < -0.4 is 20.7 Å². The van der Waals surface area contributed by atoms with Crippen molar-refractivity contribution in [2.45, 2.75) is 50.6 Å². The summed E-state index contributed by atoms with van der Waals surface area (Å²) >= 11 is 12.6. The smallest absolute Gasteiger partial charge is 0.248 e. The third kappa shape index (κ3) is 4.39. The molecule has 3 aliphatic heterocycles. The minimum atomic E-state index is -1.33. The number of carbonyl (C=O) groups excluding carboxylic acids is 3. The lowest BCUT2D eigenvalue weighted by atomic mass is 9.62. The lowest BCUT2D eigenvalue weighted by molar-refractivity contribution is -0.122. The van der Waals surface area contributed by atoms with Crippen LogP contribution in [0.4, 0.5) is 15.8 Å². The van der Waals surface area contributed by atoms with Crippen molar-refractivity contribution in [2.24, 2.45) is 11.1 Å². The van der Waals surface area contributed by atoms with Crippen LogP contribution in [0.1, 0.15) is 54.6 Å². The Balaban J connectivity index is 1.60. The van der Waals surface area contributed by atoms with Gasteiger partial charge in [-0.15, -0.1) is 0 Å². The Morgan fingerprint density at radius 3 is 2.56 bits per heavy atom. The van der Waals surface area contributed by atoms with Gasteiger partial charge in [0.1, 0.15) is 17.0 Å². The summed E-state index contributed by atoms with van der Waals surface area (Å²) in [6.07, 6.45) is 0.510. The van der Waals surface area contributed by atoms with Gasteiger partial charge in [0.15, 0.2) is 0 Å². The van der Waals surface area contributed by atoms with E-state index in [0.717, 1.165) is 0 Å². The number of nitrogens with one attached hydrogen (secondary N) is 1. The highest BCUT2D eigenvalue weighted by atomic mass is 35.5. The summed E-state index contributed by atoms with van der Waals surface area (Å²) in [5, 5.41) is 3.36. The van der Waals surface area contributed by atoms with Gasteiger partial charge in [-0.1, -0.05) is 62.2 Å². The largest absolute Gasteiger partial charge is 0.495 e. The van der Waals surface area contributed by atoms with Crippen LogP contribution >= 0.6 is 23.2 Å². The van der Waals surface area contributed by atoms with Crippen molar-refractivity contribution in [3.05, 3.63) is 87.2 Å². The molecule has 43 heavy (non-hydrogen) atoms. The van der Waals surface area contributed by atoms with Gasteiger partial charge in [-0.25, -0.2) is 4.39 Å². The topological polar surface area (TPSA) is 105 Å². The van der Waals surface area contributed by atoms with Gasteiger partial charge in [0.25, 0.3) is 0 Å². The van der Waals surface area contributed by atoms with E-state index in [-0.39, 0.29) is 45.8 Å². The second-order valence-corrected chi connectivity index (χ2v) is 13.4. The number of amides is 3. The molecule has 3 aromatic carbocycles. The lowest BCUT2D eigenvalue weighted by Crippen LogP contribution is -2.52. The molecule has 3 N–H and O–H groups in total. The first-order valence-corrected chi connectivity index (χ1v) is 14.7. The Labute approximate surface area is 258 Å². The van der Waals surface area contributed by atoms with Gasteiger partial charge >= 0.3 is 0 Å². The van der Waals surface area contributed by atoms with Crippen LogP contribution in [0.3, 0.4) is 0 Å². The molecule has 1 spiro atoms. The van der Waals surface area contributed by atoms with E-state index in [4.69, 9.17) is 33.7 Å². The number of ether oxygens (including phenoxy) is 1. The van der Waals surface area contributed by atoms with Crippen molar-refractivity contribution >= 4 is 52.3 Å². The van der Waals surface area contributed by atoms with E-state index in [9.17, 15) is 14.4 Å². The number of nitrogens with two attached hydrogens (primary N) is 1. The van der Waals surface area contributed by atoms with Crippen LogP contribution in [0, 0.1) is 11.2 Å². The molecule has 0 radical (unpaired) electrons. The van der Waals surface area contributed by atoms with E-state index < -0.39 is 35.1 Å². The first-order valence-electron chi connectivity index (χ1n) is 13.9. The minimum absolute atomic E-state index is 0.0979. The molecular weight excluding hydrogens is 594 g/mol. The predicted molar refractivity (Wildman–Crippen MR) is 163 cm³/mol. The molecule has 8 nitrogen and oxygen atoms in total. The Hall–Kier alpha value is -3.66. The highest BCUT2D eigenvalue weighted by Gasteiger charge is 2.71. The van der Waals surface area contributed by atoms with Crippen LogP contribution in [0.2, 0.25) is 10.0 Å². The van der Waals surface area contributed by atoms with Crippen molar-refractivity contribution in [3.8, 4) is 5.75 Å². The molecule has 224 valence electrons. The SMILES string of the molecule is COc1cc(C(N)=O)ccc1N1CN2[C@@H](CC(C)(C)C)[C@@]3(C(=O)Nc4cc(Cl)ccc43)C(c3cccc(Cl)c3F)[C@@H]2C1=O. The van der Waals surface area contributed by atoms with Crippen molar-refractivity contribution in [1.82, 2.24) is 4.90 Å². The number of halogens is 3. The highest BCUT2D eigenvalue weighted by Crippen LogP contribution is 2.62. The lowest BCUT2D eigenvalue weighted by Gasteiger charge is -2.40. The second kappa shape index (κ2) is 10.2. The van der Waals surface area contributed by atoms with E-state index in [1.807, 2.05) is 4.90 Å². The maximum atomic E-state index is 16.1. The fourth-order valence-electron chi connectivity index (χ4n) is 7.22. The summed E-state index contributed by atoms with van der Waals surface area (Å²) in [5.41, 5.74) is 5.92. The molecule has 3 aromatic rings. The average molecular weight is 626 g/mol. The quantitative estimate of drug-likeness (QED) is 0.378. The highest BCUT2D eigenvalue weighted by molar-refractivity contribution is 6.31. The van der Waals surface area contributed by atoms with Crippen molar-refractivity contribution in [1.29, 1.82) is 0 Å². The van der Waals surface area contributed by atoms with Gasteiger partial charge in [-0.2, -0.15) is 0 Å². The summed E-state index contributed by atoms with van der Waals surface area (Å²) in [6.45, 7) is 6.31. The fourth-order valence-corrected chi connectivity index (χ4v) is 7.57. The molecule has 0 aromatic heterocycles. The fraction of sp³-hybridized carbons (Fsp3) is 0.344. The maximum Gasteiger partial charge on any atom is 0.248 e. The summed E-state index contributed by atoms with van der Waals surface area (Å²) in [7, 11) is 1.44. The van der Waals surface area contributed by atoms with Gasteiger partial charge in [0.05, 0.1) is 30.5 Å². The van der Waals surface area contributed by atoms with Crippen LogP contribution in [0.15, 0.2) is 54.6 Å². The summed E-state index contributed by atoms with van der Waals surface area (Å²) in [5.74, 6) is -2.60. The van der Waals surface area contributed by atoms with E-state index in [1.165, 1.54) is 25.3 Å². The first-order chi connectivity index (χ1) is 20.3. The number of carbonyl (C=O) groups is 3. The monoisotopic (exact) mass is 624 g/mol. The molecule has 3 aliphatic rings. The van der Waals surface area contributed by atoms with E-state index in [0.29, 0.717) is 28.4 Å². The van der Waals surface area contributed by atoms with Crippen molar-refractivity contribution in [2.75, 3.05) is 24.0 Å². The zero-order valence-corrected chi connectivity index (χ0v) is 25.6. The predicted octanol–water partition coefficient (Wildman–Crippen LogP) is 5.71. The van der Waals surface area contributed by atoms with E-state index >= 15 is 4.39 Å². The molecule has 0 bridgehead atoms. The van der Waals surface area contributed by atoms with Crippen LogP contribution in [0.25, 0.3) is 0 Å². The third-order valence-electron chi connectivity index (χ3n) is 8.84. The average Bonchev–Trinajstić information content (AvgIpc) is 3.52. The number of hydrogen-bond acceptors (Lipinski definition) is 5. The normalized spacial score (nSPS) is 24.8. The molecule has 11 heteroatoms. The molecule has 0 saturated carbocycles. The number of rotatable bonds is 5. The zero-order valence-electron chi connectivity index (χ0n) is 24.1. The molecule has 6 rings (SSSR count). The number of nitrogens with zero attached hydrogens (tertiary/aromatic N) is 2. The Morgan fingerprint density at radius 1 is 1.14 bits per heavy atom. The number of anilines is 2. The van der Waals surface area contributed by atoms with Gasteiger partial charge < -0.3 is 15.8 Å². The molecule has 2 saturated heterocycles. The standard InChI is InChI=1S/C32H31Cl2FN4O4/c1-31(2,3)14-24-32(19-10-9-17(33)13-21(19)37-30(32)42)25(18-6-5-7-20(34)26(18)35)27-29(41)38(15-39(24)27)22-11-8-16(28(36)40)12-23(22)43-4/h5-13,24-25,27H,14-15H2,1-4H3,(H2,36,40)(H,37,42)/t24-,25?,27+,32+/m0/s1. The molecule has 1 unspecified atom stereocenters. The zero-order chi connectivity index (χ0) is 31.0. The van der Waals surface area contributed by atoms with Crippen molar-refractivity contribution in [3.63, 3.8) is 0 Å². The van der Waals surface area contributed by atoms with Crippen molar-refractivity contribution < 1.29 is 23.5 Å². The molecule has 4 atom stereocenters. The molecule has 0 aliphatic carbocycles. The van der Waals surface area contributed by atoms with Gasteiger partial charge in [-0.05, 0) is 59.4 Å². The number of benzene rings is 3. The maximum absolute atomic E-state index is 16.1. The summed E-state index contributed by atoms with van der Waals surface area (Å²) in [4.78, 5) is 44.4. The van der Waals surface area contributed by atoms with E-state index in [2.05, 4.69) is 26.1 Å². The van der Waals surface area contributed by atoms with Crippen LogP contribution in [-0.2, 0) is 15.0 Å². The Morgan fingerprint density at radius 2 is 1.88 bits per heavy atom. The number of fused-ring (bicyclic) bond motifs is 3.